The molecule has 0 aromatic heterocycles. The van der Waals surface area contributed by atoms with Crippen molar-refractivity contribution in [3.8, 4) is 0 Å². The largest absolute Gasteiger partial charge is 0.336 e. The lowest BCUT2D eigenvalue weighted by Crippen LogP contribution is -2.38. The third kappa shape index (κ3) is 3.17. The zero-order chi connectivity index (χ0) is 14.7. The van der Waals surface area contributed by atoms with E-state index in [1.165, 1.54) is 12.1 Å². The molecule has 5 nitrogen and oxygen atoms in total. The second-order valence-electron chi connectivity index (χ2n) is 5.12. The van der Waals surface area contributed by atoms with Crippen LogP contribution < -0.4 is 0 Å². The van der Waals surface area contributed by atoms with Crippen molar-refractivity contribution in [1.29, 1.82) is 0 Å². The van der Waals surface area contributed by atoms with Gasteiger partial charge < -0.3 is 4.90 Å². The molecule has 0 N–H and O–H groups in total. The van der Waals surface area contributed by atoms with Crippen LogP contribution in [0.3, 0.4) is 0 Å². The summed E-state index contributed by atoms with van der Waals surface area (Å²) in [6, 6.07) is 4.49. The maximum absolute atomic E-state index is 12.6. The molecule has 108 valence electrons. The lowest BCUT2D eigenvalue weighted by molar-refractivity contribution is -0.384. The van der Waals surface area contributed by atoms with Gasteiger partial charge in [-0.25, -0.2) is 0 Å². The van der Waals surface area contributed by atoms with E-state index in [-0.39, 0.29) is 17.6 Å². The normalized spacial score (nSPS) is 19.5. The molecular formula is C14H17BrN2O3. The molecule has 1 saturated heterocycles. The van der Waals surface area contributed by atoms with Crippen LogP contribution in [0.4, 0.5) is 5.69 Å². The van der Waals surface area contributed by atoms with Crippen molar-refractivity contribution in [3.63, 3.8) is 0 Å². The summed E-state index contributed by atoms with van der Waals surface area (Å²) in [4.78, 5) is 24.8. The first-order chi connectivity index (χ1) is 9.50. The molecule has 1 heterocycles. The number of nitro benzene ring substituents is 1. The van der Waals surface area contributed by atoms with Crippen LogP contribution in [0.15, 0.2) is 22.7 Å². The summed E-state index contributed by atoms with van der Waals surface area (Å²) in [5.74, 6) is -0.130. The second kappa shape index (κ2) is 6.35. The molecule has 2 rings (SSSR count). The first kappa shape index (κ1) is 15.0. The van der Waals surface area contributed by atoms with E-state index in [4.69, 9.17) is 0 Å². The Balaban J connectivity index is 2.31. The summed E-state index contributed by atoms with van der Waals surface area (Å²) in [7, 11) is 0. The lowest BCUT2D eigenvalue weighted by Gasteiger charge is -2.27. The van der Waals surface area contributed by atoms with Crippen LogP contribution in [0.5, 0.6) is 0 Å². The van der Waals surface area contributed by atoms with E-state index >= 15 is 0 Å². The first-order valence-electron chi connectivity index (χ1n) is 6.75. The molecule has 0 bridgehead atoms. The quantitative estimate of drug-likeness (QED) is 0.608. The second-order valence-corrected chi connectivity index (χ2v) is 5.97. The summed E-state index contributed by atoms with van der Waals surface area (Å²) < 4.78 is 0.601. The fraction of sp³-hybridized carbons (Fsp3) is 0.500. The summed E-state index contributed by atoms with van der Waals surface area (Å²) in [6.45, 7) is 2.75. The molecular weight excluding hydrogens is 324 g/mol. The Hall–Kier alpha value is -1.43. The van der Waals surface area contributed by atoms with Crippen LogP contribution >= 0.6 is 15.9 Å². The van der Waals surface area contributed by atoms with Gasteiger partial charge in [0.2, 0.25) is 0 Å². The van der Waals surface area contributed by atoms with Gasteiger partial charge in [-0.3, -0.25) is 14.9 Å². The van der Waals surface area contributed by atoms with Gasteiger partial charge in [0.25, 0.3) is 11.6 Å². The summed E-state index contributed by atoms with van der Waals surface area (Å²) in [5, 5.41) is 10.8. The number of amides is 1. The Morgan fingerprint density at radius 2 is 2.15 bits per heavy atom. The van der Waals surface area contributed by atoms with E-state index in [0.29, 0.717) is 10.0 Å². The van der Waals surface area contributed by atoms with E-state index in [9.17, 15) is 14.9 Å². The zero-order valence-electron chi connectivity index (χ0n) is 11.3. The third-order valence-corrected chi connectivity index (χ3v) is 4.40. The highest BCUT2D eigenvalue weighted by Gasteiger charge is 2.25. The van der Waals surface area contributed by atoms with Gasteiger partial charge >= 0.3 is 0 Å². The highest BCUT2D eigenvalue weighted by molar-refractivity contribution is 9.10. The molecule has 0 spiro atoms. The highest BCUT2D eigenvalue weighted by Crippen LogP contribution is 2.26. The van der Waals surface area contributed by atoms with Gasteiger partial charge in [-0.05, 0) is 41.8 Å². The van der Waals surface area contributed by atoms with Crippen LogP contribution in [0.1, 0.15) is 43.0 Å². The zero-order valence-corrected chi connectivity index (χ0v) is 12.9. The van der Waals surface area contributed by atoms with Gasteiger partial charge in [0, 0.05) is 29.2 Å². The minimum atomic E-state index is -0.477. The molecule has 1 fully saturated rings. The van der Waals surface area contributed by atoms with Gasteiger partial charge in [-0.1, -0.05) is 12.8 Å². The average molecular weight is 341 g/mol. The number of nitrogens with zero attached hydrogens (tertiary/aromatic N) is 2. The number of likely N-dealkylation sites (tertiary alicyclic amines) is 1. The smallest absolute Gasteiger partial charge is 0.270 e. The number of carbonyl (C=O) groups excluding carboxylic acids is 1. The Labute approximate surface area is 126 Å². The Bertz CT molecular complexity index is 533. The molecule has 1 aromatic carbocycles. The van der Waals surface area contributed by atoms with Gasteiger partial charge in [0.15, 0.2) is 0 Å². The van der Waals surface area contributed by atoms with E-state index in [1.807, 2.05) is 11.8 Å². The number of hydrogen-bond donors (Lipinski definition) is 0. The van der Waals surface area contributed by atoms with Crippen LogP contribution in [0.25, 0.3) is 0 Å². The molecule has 1 aliphatic rings. The minimum absolute atomic E-state index is 0.0565. The molecule has 1 unspecified atom stereocenters. The Morgan fingerprint density at radius 1 is 1.40 bits per heavy atom. The molecule has 20 heavy (non-hydrogen) atoms. The number of hydrogen-bond acceptors (Lipinski definition) is 3. The van der Waals surface area contributed by atoms with Crippen LogP contribution in [0, 0.1) is 10.1 Å². The van der Waals surface area contributed by atoms with Crippen LogP contribution in [-0.4, -0.2) is 28.3 Å². The summed E-state index contributed by atoms with van der Waals surface area (Å²) in [6.07, 6.45) is 4.23. The first-order valence-corrected chi connectivity index (χ1v) is 7.55. The van der Waals surface area contributed by atoms with Gasteiger partial charge in [0.1, 0.15) is 0 Å². The van der Waals surface area contributed by atoms with Crippen molar-refractivity contribution in [2.45, 2.75) is 38.6 Å². The number of nitro groups is 1. The van der Waals surface area contributed by atoms with Crippen molar-refractivity contribution in [2.24, 2.45) is 0 Å². The Morgan fingerprint density at radius 3 is 2.85 bits per heavy atom. The van der Waals surface area contributed by atoms with E-state index in [1.54, 1.807) is 6.07 Å². The highest BCUT2D eigenvalue weighted by atomic mass is 79.9. The Kier molecular flexibility index (Phi) is 4.75. The number of non-ortho nitro benzene ring substituents is 1. The van der Waals surface area contributed by atoms with Crippen molar-refractivity contribution in [1.82, 2.24) is 4.90 Å². The van der Waals surface area contributed by atoms with E-state index in [2.05, 4.69) is 15.9 Å². The molecule has 0 aliphatic carbocycles. The molecule has 1 atom stereocenters. The average Bonchev–Trinajstić information content (AvgIpc) is 2.63. The van der Waals surface area contributed by atoms with Crippen molar-refractivity contribution in [2.75, 3.05) is 6.54 Å². The molecule has 0 saturated carbocycles. The predicted molar refractivity (Wildman–Crippen MR) is 79.8 cm³/mol. The molecule has 0 radical (unpaired) electrons. The van der Waals surface area contributed by atoms with Gasteiger partial charge in [0.05, 0.1) is 10.5 Å². The van der Waals surface area contributed by atoms with E-state index in [0.717, 1.165) is 32.2 Å². The van der Waals surface area contributed by atoms with Crippen molar-refractivity contribution < 1.29 is 9.72 Å². The number of rotatable bonds is 2. The molecule has 1 aromatic rings. The number of halogens is 1. The fourth-order valence-corrected chi connectivity index (χ4v) is 2.94. The van der Waals surface area contributed by atoms with Crippen LogP contribution in [0.2, 0.25) is 0 Å². The predicted octanol–water partition coefficient (Wildman–Crippen LogP) is 3.76. The SMILES string of the molecule is CC1CCCCCN1C(=O)c1cc([N+](=O)[O-])ccc1Br. The standard InChI is InChI=1S/C14H17BrN2O3/c1-10-5-3-2-4-8-16(10)14(18)12-9-11(17(19)20)6-7-13(12)15/h6-7,9-10H,2-5,8H2,1H3. The van der Waals surface area contributed by atoms with Gasteiger partial charge in [-0.2, -0.15) is 0 Å². The summed E-state index contributed by atoms with van der Waals surface area (Å²) in [5.41, 5.74) is 0.312. The van der Waals surface area contributed by atoms with E-state index < -0.39 is 4.92 Å². The molecule has 1 aliphatic heterocycles. The maximum atomic E-state index is 12.6. The lowest BCUT2D eigenvalue weighted by atomic mass is 10.1. The molecule has 1 amide bonds. The van der Waals surface area contributed by atoms with Crippen molar-refractivity contribution in [3.05, 3.63) is 38.3 Å². The summed E-state index contributed by atoms with van der Waals surface area (Å²) >= 11 is 3.32. The molecule has 6 heteroatoms. The van der Waals surface area contributed by atoms with Gasteiger partial charge in [-0.15, -0.1) is 0 Å². The number of benzene rings is 1. The maximum Gasteiger partial charge on any atom is 0.270 e. The number of carbonyl (C=O) groups is 1. The third-order valence-electron chi connectivity index (χ3n) is 3.71. The topological polar surface area (TPSA) is 63.5 Å². The monoisotopic (exact) mass is 340 g/mol. The van der Waals surface area contributed by atoms with Crippen molar-refractivity contribution >= 4 is 27.5 Å². The minimum Gasteiger partial charge on any atom is -0.336 e. The van der Waals surface area contributed by atoms with Crippen LogP contribution in [-0.2, 0) is 0 Å². The fourth-order valence-electron chi connectivity index (χ4n) is 2.52.